The van der Waals surface area contributed by atoms with Gasteiger partial charge in [0.25, 0.3) is 0 Å². The number of ketones is 1. The molecular weight excluding hydrogens is 212 g/mol. The lowest BCUT2D eigenvalue weighted by atomic mass is 9.91. The Balaban J connectivity index is 3.02. The molecule has 0 aliphatic carbocycles. The highest BCUT2D eigenvalue weighted by Gasteiger charge is 2.23. The van der Waals surface area contributed by atoms with Gasteiger partial charge < -0.3 is 0 Å². The van der Waals surface area contributed by atoms with Crippen molar-refractivity contribution in [3.8, 4) is 0 Å². The summed E-state index contributed by atoms with van der Waals surface area (Å²) in [6.45, 7) is 14.6. The number of carbonyl (C=O) groups is 1. The van der Waals surface area contributed by atoms with Crippen LogP contribution in [0.2, 0.25) is 0 Å². The number of hydrogen-bond acceptors (Lipinski definition) is 2. The van der Waals surface area contributed by atoms with E-state index >= 15 is 0 Å². The second-order valence-corrected chi connectivity index (χ2v) is 6.07. The fourth-order valence-corrected chi connectivity index (χ4v) is 2.07. The van der Waals surface area contributed by atoms with Crippen LogP contribution in [0.4, 0.5) is 0 Å². The van der Waals surface area contributed by atoms with E-state index in [9.17, 15) is 4.79 Å². The normalized spacial score (nSPS) is 12.2. The third-order valence-corrected chi connectivity index (χ3v) is 3.14. The molecule has 0 aromatic carbocycles. The Labute approximate surface area is 104 Å². The van der Waals surface area contributed by atoms with Crippen LogP contribution in [0.1, 0.15) is 57.5 Å². The van der Waals surface area contributed by atoms with Gasteiger partial charge in [0.1, 0.15) is 6.54 Å². The highest BCUT2D eigenvalue weighted by Crippen LogP contribution is 2.23. The van der Waals surface area contributed by atoms with Crippen molar-refractivity contribution in [3.63, 3.8) is 0 Å². The molecule has 0 spiro atoms. The molecule has 0 amide bonds. The van der Waals surface area contributed by atoms with Gasteiger partial charge in [0, 0.05) is 11.1 Å². The zero-order valence-corrected chi connectivity index (χ0v) is 12.1. The summed E-state index contributed by atoms with van der Waals surface area (Å²) in [6.07, 6.45) is 0. The molecule has 3 nitrogen and oxygen atoms in total. The minimum atomic E-state index is -0.301. The lowest BCUT2D eigenvalue weighted by Gasteiger charge is -2.17. The predicted molar refractivity (Wildman–Crippen MR) is 70.3 cm³/mol. The Morgan fingerprint density at radius 3 is 2.18 bits per heavy atom. The van der Waals surface area contributed by atoms with E-state index in [2.05, 4.69) is 18.9 Å². The van der Waals surface area contributed by atoms with Crippen LogP contribution in [0.15, 0.2) is 0 Å². The highest BCUT2D eigenvalue weighted by molar-refractivity contribution is 5.83. The summed E-state index contributed by atoms with van der Waals surface area (Å²) in [5, 5.41) is 4.48. The van der Waals surface area contributed by atoms with E-state index in [0.717, 1.165) is 11.4 Å². The van der Waals surface area contributed by atoms with Crippen molar-refractivity contribution in [1.82, 2.24) is 9.78 Å². The number of carbonyl (C=O) groups excluding carboxylic acids is 1. The maximum atomic E-state index is 12.0. The van der Waals surface area contributed by atoms with Gasteiger partial charge in [-0.15, -0.1) is 0 Å². The van der Waals surface area contributed by atoms with E-state index in [1.165, 1.54) is 5.56 Å². The summed E-state index contributed by atoms with van der Waals surface area (Å²) in [7, 11) is 0. The van der Waals surface area contributed by atoms with E-state index in [-0.39, 0.29) is 11.2 Å². The van der Waals surface area contributed by atoms with Crippen molar-refractivity contribution in [1.29, 1.82) is 0 Å². The summed E-state index contributed by atoms with van der Waals surface area (Å²) in [4.78, 5) is 12.0. The fraction of sp³-hybridized carbons (Fsp3) is 0.714. The minimum absolute atomic E-state index is 0.221. The van der Waals surface area contributed by atoms with Crippen molar-refractivity contribution in [2.75, 3.05) is 0 Å². The maximum Gasteiger partial charge on any atom is 0.159 e. The molecule has 1 rings (SSSR count). The summed E-state index contributed by atoms with van der Waals surface area (Å²) >= 11 is 0. The summed E-state index contributed by atoms with van der Waals surface area (Å²) < 4.78 is 1.85. The van der Waals surface area contributed by atoms with Gasteiger partial charge in [-0.25, -0.2) is 0 Å². The molecule has 1 aromatic rings. The first kappa shape index (κ1) is 13.9. The number of aryl methyl sites for hydroxylation is 1. The van der Waals surface area contributed by atoms with Crippen LogP contribution in [-0.4, -0.2) is 15.6 Å². The van der Waals surface area contributed by atoms with Gasteiger partial charge >= 0.3 is 0 Å². The van der Waals surface area contributed by atoms with E-state index < -0.39 is 0 Å². The maximum absolute atomic E-state index is 12.0. The van der Waals surface area contributed by atoms with Crippen LogP contribution in [-0.2, 0) is 11.3 Å². The highest BCUT2D eigenvalue weighted by atomic mass is 16.1. The molecule has 0 radical (unpaired) electrons. The van der Waals surface area contributed by atoms with Crippen LogP contribution in [0.25, 0.3) is 0 Å². The quantitative estimate of drug-likeness (QED) is 0.807. The molecule has 0 bridgehead atoms. The Bertz CT molecular complexity index is 422. The molecule has 1 aromatic heterocycles. The number of Topliss-reactive ketones (excluding diaryl/α,β-unsaturated/α-hetero) is 1. The monoisotopic (exact) mass is 236 g/mol. The van der Waals surface area contributed by atoms with Gasteiger partial charge in [-0.2, -0.15) is 5.10 Å². The molecular formula is C14H24N2O. The second-order valence-electron chi connectivity index (χ2n) is 6.07. The molecule has 0 fully saturated rings. The van der Waals surface area contributed by atoms with Gasteiger partial charge in [-0.1, -0.05) is 34.6 Å². The first-order valence-electron chi connectivity index (χ1n) is 6.21. The number of hydrogen-bond donors (Lipinski definition) is 0. The molecule has 0 aliphatic heterocycles. The van der Waals surface area contributed by atoms with Crippen LogP contribution >= 0.6 is 0 Å². The predicted octanol–water partition coefficient (Wildman–Crippen LogP) is 3.24. The van der Waals surface area contributed by atoms with Gasteiger partial charge in [0.2, 0.25) is 0 Å². The van der Waals surface area contributed by atoms with Gasteiger partial charge in [-0.05, 0) is 25.3 Å². The van der Waals surface area contributed by atoms with Crippen molar-refractivity contribution in [3.05, 3.63) is 17.0 Å². The fourth-order valence-electron chi connectivity index (χ4n) is 2.07. The van der Waals surface area contributed by atoms with E-state index in [0.29, 0.717) is 12.5 Å². The number of rotatable bonds is 3. The average molecular weight is 236 g/mol. The first-order valence-corrected chi connectivity index (χ1v) is 6.21. The molecule has 3 heteroatoms. The smallest absolute Gasteiger partial charge is 0.159 e. The van der Waals surface area contributed by atoms with Crippen LogP contribution < -0.4 is 0 Å². The topological polar surface area (TPSA) is 34.9 Å². The Morgan fingerprint density at radius 2 is 1.82 bits per heavy atom. The zero-order chi connectivity index (χ0) is 13.4. The third kappa shape index (κ3) is 2.96. The summed E-state index contributed by atoms with van der Waals surface area (Å²) in [6, 6.07) is 0. The molecule has 0 aliphatic rings. The molecule has 1 heterocycles. The molecule has 0 atom stereocenters. The molecule has 0 N–H and O–H groups in total. The van der Waals surface area contributed by atoms with E-state index in [4.69, 9.17) is 0 Å². The number of aromatic nitrogens is 2. The van der Waals surface area contributed by atoms with Crippen LogP contribution in [0.3, 0.4) is 0 Å². The summed E-state index contributed by atoms with van der Waals surface area (Å²) in [5.41, 5.74) is 3.13. The van der Waals surface area contributed by atoms with E-state index in [1.807, 2.05) is 39.3 Å². The Kier molecular flexibility index (Phi) is 3.80. The molecule has 96 valence electrons. The zero-order valence-electron chi connectivity index (χ0n) is 12.1. The van der Waals surface area contributed by atoms with E-state index in [1.54, 1.807) is 0 Å². The van der Waals surface area contributed by atoms with Crippen molar-refractivity contribution in [2.45, 2.75) is 60.9 Å². The lowest BCUT2D eigenvalue weighted by Crippen LogP contribution is -2.26. The van der Waals surface area contributed by atoms with Crippen LogP contribution in [0.5, 0.6) is 0 Å². The lowest BCUT2D eigenvalue weighted by molar-refractivity contribution is -0.127. The Hall–Kier alpha value is -1.12. The first-order chi connectivity index (χ1) is 7.64. The van der Waals surface area contributed by atoms with Gasteiger partial charge in [0.05, 0.1) is 5.69 Å². The molecule has 0 unspecified atom stereocenters. The van der Waals surface area contributed by atoms with Crippen molar-refractivity contribution >= 4 is 5.78 Å². The molecule has 17 heavy (non-hydrogen) atoms. The van der Waals surface area contributed by atoms with Crippen LogP contribution in [0, 0.1) is 19.3 Å². The average Bonchev–Trinajstić information content (AvgIpc) is 2.40. The minimum Gasteiger partial charge on any atom is -0.297 e. The third-order valence-electron chi connectivity index (χ3n) is 3.14. The number of nitrogens with zero attached hydrogens (tertiary/aromatic N) is 2. The molecule has 0 saturated heterocycles. The second kappa shape index (κ2) is 4.63. The SMILES string of the molecule is Cc1nn(CC(=O)C(C)(C)C)c(C)c1C(C)C. The van der Waals surface area contributed by atoms with Gasteiger partial charge in [0.15, 0.2) is 5.78 Å². The largest absolute Gasteiger partial charge is 0.297 e. The van der Waals surface area contributed by atoms with Gasteiger partial charge in [-0.3, -0.25) is 9.48 Å². The van der Waals surface area contributed by atoms with Crippen molar-refractivity contribution < 1.29 is 4.79 Å². The Morgan fingerprint density at radius 1 is 1.29 bits per heavy atom. The standard InChI is InChI=1S/C14H24N2O/c1-9(2)13-10(3)15-16(11(13)4)8-12(17)14(5,6)7/h9H,8H2,1-7H3. The van der Waals surface area contributed by atoms with Crippen molar-refractivity contribution in [2.24, 2.45) is 5.41 Å². The summed E-state index contributed by atoms with van der Waals surface area (Å²) in [5.74, 6) is 0.673. The molecule has 0 saturated carbocycles.